The van der Waals surface area contributed by atoms with Gasteiger partial charge in [-0.05, 0) is 43.2 Å². The molecule has 0 aliphatic rings. The molecule has 0 aliphatic carbocycles. The second-order valence-corrected chi connectivity index (χ2v) is 7.79. The van der Waals surface area contributed by atoms with Crippen LogP contribution in [0.25, 0.3) is 11.4 Å². The molecule has 25 heavy (non-hydrogen) atoms. The highest BCUT2D eigenvalue weighted by Gasteiger charge is 2.18. The first-order chi connectivity index (χ1) is 11.8. The number of nitrogens with one attached hydrogen (secondary N) is 1. The number of sulfonamides is 1. The highest BCUT2D eigenvalue weighted by Crippen LogP contribution is 2.20. The minimum atomic E-state index is -3.67. The third kappa shape index (κ3) is 4.07. The van der Waals surface area contributed by atoms with Gasteiger partial charge >= 0.3 is 0 Å². The van der Waals surface area contributed by atoms with Crippen LogP contribution in [-0.4, -0.2) is 18.6 Å². The van der Waals surface area contributed by atoms with E-state index in [9.17, 15) is 8.42 Å². The smallest absolute Gasteiger partial charge is 0.242 e. The second kappa shape index (κ2) is 6.95. The van der Waals surface area contributed by atoms with Gasteiger partial charge in [0.15, 0.2) is 0 Å². The van der Waals surface area contributed by atoms with Gasteiger partial charge in [0, 0.05) is 10.6 Å². The van der Waals surface area contributed by atoms with Gasteiger partial charge in [0.25, 0.3) is 0 Å². The van der Waals surface area contributed by atoms with E-state index in [0.29, 0.717) is 22.0 Å². The van der Waals surface area contributed by atoms with Crippen molar-refractivity contribution in [3.8, 4) is 11.4 Å². The minimum absolute atomic E-state index is 0.0940. The van der Waals surface area contributed by atoms with Crippen LogP contribution < -0.4 is 4.72 Å². The molecule has 2 aromatic carbocycles. The van der Waals surface area contributed by atoms with Crippen molar-refractivity contribution in [3.05, 3.63) is 64.5 Å². The van der Waals surface area contributed by atoms with Gasteiger partial charge in [0.05, 0.1) is 11.4 Å². The molecule has 8 heteroatoms. The van der Waals surface area contributed by atoms with E-state index in [2.05, 4.69) is 14.9 Å². The molecule has 0 fully saturated rings. The van der Waals surface area contributed by atoms with Crippen LogP contribution in [0.3, 0.4) is 0 Å². The summed E-state index contributed by atoms with van der Waals surface area (Å²) < 4.78 is 32.6. The Balaban J connectivity index is 1.77. The zero-order valence-electron chi connectivity index (χ0n) is 13.7. The van der Waals surface area contributed by atoms with Crippen molar-refractivity contribution in [2.45, 2.75) is 25.3 Å². The average Bonchev–Trinajstić information content (AvgIpc) is 3.04. The largest absolute Gasteiger partial charge is 0.338 e. The van der Waals surface area contributed by atoms with E-state index in [0.717, 1.165) is 5.56 Å². The predicted molar refractivity (Wildman–Crippen MR) is 94.7 cm³/mol. The lowest BCUT2D eigenvalue weighted by Crippen LogP contribution is -2.24. The second-order valence-electron chi connectivity index (χ2n) is 5.62. The molecule has 0 atom stereocenters. The van der Waals surface area contributed by atoms with E-state index in [1.807, 2.05) is 13.0 Å². The molecule has 1 N–H and O–H groups in total. The molecule has 6 nitrogen and oxygen atoms in total. The Bertz CT molecular complexity index is 1020. The lowest BCUT2D eigenvalue weighted by molar-refractivity contribution is 0.376. The van der Waals surface area contributed by atoms with Gasteiger partial charge in [-0.3, -0.25) is 0 Å². The van der Waals surface area contributed by atoms with Gasteiger partial charge in [-0.25, -0.2) is 13.1 Å². The summed E-state index contributed by atoms with van der Waals surface area (Å²) >= 11 is 5.94. The molecule has 0 bridgehead atoms. The van der Waals surface area contributed by atoms with Crippen LogP contribution in [0.5, 0.6) is 0 Å². The summed E-state index contributed by atoms with van der Waals surface area (Å²) in [6.07, 6.45) is 0. The highest BCUT2D eigenvalue weighted by molar-refractivity contribution is 7.89. The number of aromatic nitrogens is 2. The van der Waals surface area contributed by atoms with Crippen LogP contribution in [0.15, 0.2) is 51.9 Å². The summed E-state index contributed by atoms with van der Waals surface area (Å²) in [6.45, 7) is 3.50. The lowest BCUT2D eigenvalue weighted by atomic mass is 10.2. The molecule has 0 unspecified atom stereocenters. The zero-order valence-corrected chi connectivity index (χ0v) is 15.2. The first-order valence-electron chi connectivity index (χ1n) is 7.50. The van der Waals surface area contributed by atoms with E-state index in [-0.39, 0.29) is 17.3 Å². The SMILES string of the molecule is Cc1ccc(C)c(S(=O)(=O)NCc2nc(-c3cccc(Cl)c3)no2)c1. The van der Waals surface area contributed by atoms with Gasteiger partial charge in [0.1, 0.15) is 0 Å². The fourth-order valence-electron chi connectivity index (χ4n) is 2.30. The number of halogens is 1. The number of hydrogen-bond donors (Lipinski definition) is 1. The van der Waals surface area contributed by atoms with Crippen LogP contribution in [0, 0.1) is 13.8 Å². The molecule has 0 saturated heterocycles. The Morgan fingerprint density at radius 2 is 1.96 bits per heavy atom. The van der Waals surface area contributed by atoms with Crippen molar-refractivity contribution in [3.63, 3.8) is 0 Å². The molecule has 130 valence electrons. The number of rotatable bonds is 5. The summed E-state index contributed by atoms with van der Waals surface area (Å²) in [5.74, 6) is 0.521. The summed E-state index contributed by atoms with van der Waals surface area (Å²) in [5, 5.41) is 4.41. The van der Waals surface area contributed by atoms with Gasteiger partial charge in [-0.15, -0.1) is 0 Å². The fourth-order valence-corrected chi connectivity index (χ4v) is 3.80. The monoisotopic (exact) mass is 377 g/mol. The molecule has 0 amide bonds. The average molecular weight is 378 g/mol. The van der Waals surface area contributed by atoms with Crippen LogP contribution in [0.4, 0.5) is 0 Å². The number of aryl methyl sites for hydroxylation is 2. The van der Waals surface area contributed by atoms with Crippen molar-refractivity contribution < 1.29 is 12.9 Å². The Morgan fingerprint density at radius 3 is 2.72 bits per heavy atom. The lowest BCUT2D eigenvalue weighted by Gasteiger charge is -2.08. The molecular formula is C17H16ClN3O3S. The van der Waals surface area contributed by atoms with Crippen molar-refractivity contribution in [2.24, 2.45) is 0 Å². The third-order valence-electron chi connectivity index (χ3n) is 3.60. The Labute approximate surface area is 150 Å². The van der Waals surface area contributed by atoms with Crippen molar-refractivity contribution in [1.82, 2.24) is 14.9 Å². The van der Waals surface area contributed by atoms with Crippen molar-refractivity contribution >= 4 is 21.6 Å². The van der Waals surface area contributed by atoms with E-state index in [1.165, 1.54) is 0 Å². The minimum Gasteiger partial charge on any atom is -0.338 e. The Morgan fingerprint density at radius 1 is 1.16 bits per heavy atom. The number of benzene rings is 2. The Hall–Kier alpha value is -2.22. The first-order valence-corrected chi connectivity index (χ1v) is 9.37. The maximum absolute atomic E-state index is 12.5. The quantitative estimate of drug-likeness (QED) is 0.735. The van der Waals surface area contributed by atoms with E-state index >= 15 is 0 Å². The van der Waals surface area contributed by atoms with Gasteiger partial charge in [-0.2, -0.15) is 4.98 Å². The van der Waals surface area contributed by atoms with E-state index in [1.54, 1.807) is 43.3 Å². The topological polar surface area (TPSA) is 85.1 Å². The molecule has 1 heterocycles. The molecule has 3 rings (SSSR count). The number of nitrogens with zero attached hydrogens (tertiary/aromatic N) is 2. The normalized spacial score (nSPS) is 11.6. The molecule has 3 aromatic rings. The van der Waals surface area contributed by atoms with Crippen LogP contribution in [0.1, 0.15) is 17.0 Å². The summed E-state index contributed by atoms with van der Waals surface area (Å²) in [5.41, 5.74) is 2.23. The molecule has 0 radical (unpaired) electrons. The van der Waals surface area contributed by atoms with Crippen molar-refractivity contribution in [1.29, 1.82) is 0 Å². The molecule has 1 aromatic heterocycles. The standard InChI is InChI=1S/C17H16ClN3O3S/c1-11-6-7-12(2)15(8-11)25(22,23)19-10-16-20-17(21-24-16)13-4-3-5-14(18)9-13/h3-9,19H,10H2,1-2H3. The molecule has 0 aliphatic heterocycles. The first kappa shape index (κ1) is 17.6. The van der Waals surface area contributed by atoms with Gasteiger partial charge < -0.3 is 4.52 Å². The maximum Gasteiger partial charge on any atom is 0.242 e. The summed E-state index contributed by atoms with van der Waals surface area (Å²) in [4.78, 5) is 4.43. The number of hydrogen-bond acceptors (Lipinski definition) is 5. The highest BCUT2D eigenvalue weighted by atomic mass is 35.5. The van der Waals surface area contributed by atoms with E-state index in [4.69, 9.17) is 16.1 Å². The summed E-state index contributed by atoms with van der Waals surface area (Å²) in [6, 6.07) is 12.3. The van der Waals surface area contributed by atoms with Gasteiger partial charge in [-0.1, -0.05) is 41.0 Å². The van der Waals surface area contributed by atoms with Crippen LogP contribution >= 0.6 is 11.6 Å². The predicted octanol–water partition coefficient (Wildman–Crippen LogP) is 3.49. The third-order valence-corrected chi connectivity index (χ3v) is 5.38. The molecule has 0 saturated carbocycles. The van der Waals surface area contributed by atoms with E-state index < -0.39 is 10.0 Å². The molecular weight excluding hydrogens is 362 g/mol. The Kier molecular flexibility index (Phi) is 4.89. The summed E-state index contributed by atoms with van der Waals surface area (Å²) in [7, 11) is -3.67. The fraction of sp³-hybridized carbons (Fsp3) is 0.176. The molecule has 0 spiro atoms. The van der Waals surface area contributed by atoms with Crippen molar-refractivity contribution in [2.75, 3.05) is 0 Å². The van der Waals surface area contributed by atoms with Crippen LogP contribution in [-0.2, 0) is 16.6 Å². The van der Waals surface area contributed by atoms with Gasteiger partial charge in [0.2, 0.25) is 21.7 Å². The zero-order chi connectivity index (χ0) is 18.0. The van der Waals surface area contributed by atoms with Crippen LogP contribution in [0.2, 0.25) is 5.02 Å². The maximum atomic E-state index is 12.5.